The van der Waals surface area contributed by atoms with Crippen LogP contribution in [0, 0.1) is 11.6 Å². The van der Waals surface area contributed by atoms with Gasteiger partial charge in [-0.2, -0.15) is 4.31 Å². The summed E-state index contributed by atoms with van der Waals surface area (Å²) in [4.78, 5) is 1.47. The van der Waals surface area contributed by atoms with Gasteiger partial charge in [-0.15, -0.1) is 0 Å². The Morgan fingerprint density at radius 2 is 1.86 bits per heavy atom. The molecule has 1 atom stereocenters. The smallest absolute Gasteiger partial charge is 0.246 e. The molecule has 2 N–H and O–H groups in total. The highest BCUT2D eigenvalue weighted by molar-refractivity contribution is 7.89. The molecule has 1 fully saturated rings. The first-order valence-corrected chi connectivity index (χ1v) is 8.19. The number of sulfonamides is 1. The number of hydrogen-bond acceptors (Lipinski definition) is 4. The average Bonchev–Trinajstić information content (AvgIpc) is 2.49. The summed E-state index contributed by atoms with van der Waals surface area (Å²) >= 11 is 0. The number of benzene rings is 1. The van der Waals surface area contributed by atoms with Crippen molar-refractivity contribution in [1.29, 1.82) is 0 Å². The molecule has 1 aliphatic rings. The Bertz CT molecular complexity index is 601. The summed E-state index contributed by atoms with van der Waals surface area (Å²) in [6.45, 7) is 3.98. The minimum atomic E-state index is -4.01. The molecular formula is C13H19F2N3O2S. The molecule has 0 aromatic heterocycles. The number of hydrogen-bond donors (Lipinski definition) is 1. The van der Waals surface area contributed by atoms with E-state index in [9.17, 15) is 17.2 Å². The van der Waals surface area contributed by atoms with Gasteiger partial charge in [0.2, 0.25) is 10.0 Å². The Kier molecular flexibility index (Phi) is 4.92. The fourth-order valence-corrected chi connectivity index (χ4v) is 3.85. The lowest BCUT2D eigenvalue weighted by Gasteiger charge is -2.37. The standard InChI is InChI=1S/C13H19F2N3O2S/c1-10(9-16)17-4-6-18(7-5-17)21(19,20)13-8-11(14)2-3-12(13)15/h2-3,8,10H,4-7,9,16H2,1H3. The molecule has 118 valence electrons. The first kappa shape index (κ1) is 16.3. The first-order valence-electron chi connectivity index (χ1n) is 6.75. The molecule has 1 aromatic rings. The summed E-state index contributed by atoms with van der Waals surface area (Å²) in [5, 5.41) is 0. The summed E-state index contributed by atoms with van der Waals surface area (Å²) in [6.07, 6.45) is 0. The molecule has 0 amide bonds. The van der Waals surface area contributed by atoms with Crippen LogP contribution in [-0.2, 0) is 10.0 Å². The molecule has 1 heterocycles. The molecule has 0 aliphatic carbocycles. The molecule has 0 saturated carbocycles. The van der Waals surface area contributed by atoms with Crippen molar-refractivity contribution < 1.29 is 17.2 Å². The van der Waals surface area contributed by atoms with Crippen LogP contribution in [0.4, 0.5) is 8.78 Å². The molecule has 0 radical (unpaired) electrons. The first-order chi connectivity index (χ1) is 9.86. The van der Waals surface area contributed by atoms with Gasteiger partial charge in [0, 0.05) is 38.8 Å². The topological polar surface area (TPSA) is 66.6 Å². The molecule has 1 aliphatic heterocycles. The van der Waals surface area contributed by atoms with Crippen molar-refractivity contribution in [3.63, 3.8) is 0 Å². The van der Waals surface area contributed by atoms with E-state index in [2.05, 4.69) is 4.90 Å². The van der Waals surface area contributed by atoms with Crippen molar-refractivity contribution in [2.45, 2.75) is 17.9 Å². The lowest BCUT2D eigenvalue weighted by molar-refractivity contribution is 0.148. The summed E-state index contributed by atoms with van der Waals surface area (Å²) in [6, 6.07) is 2.62. The zero-order valence-electron chi connectivity index (χ0n) is 11.8. The summed E-state index contributed by atoms with van der Waals surface area (Å²) in [5.74, 6) is -1.71. The highest BCUT2D eigenvalue weighted by Crippen LogP contribution is 2.22. The molecule has 0 spiro atoms. The molecule has 2 rings (SSSR count). The van der Waals surface area contributed by atoms with Gasteiger partial charge in [-0.05, 0) is 25.1 Å². The van der Waals surface area contributed by atoms with Crippen LogP contribution >= 0.6 is 0 Å². The van der Waals surface area contributed by atoms with Crippen molar-refractivity contribution in [2.75, 3.05) is 32.7 Å². The highest BCUT2D eigenvalue weighted by Gasteiger charge is 2.31. The zero-order chi connectivity index (χ0) is 15.6. The van der Waals surface area contributed by atoms with E-state index >= 15 is 0 Å². The predicted octanol–water partition coefficient (Wildman–Crippen LogP) is 0.618. The minimum absolute atomic E-state index is 0.167. The molecule has 0 bridgehead atoms. The van der Waals surface area contributed by atoms with Crippen LogP contribution in [0.15, 0.2) is 23.1 Å². The van der Waals surface area contributed by atoms with Gasteiger partial charge in [-0.3, -0.25) is 4.90 Å². The van der Waals surface area contributed by atoms with Crippen LogP contribution in [-0.4, -0.2) is 56.4 Å². The van der Waals surface area contributed by atoms with Crippen molar-refractivity contribution in [3.05, 3.63) is 29.8 Å². The lowest BCUT2D eigenvalue weighted by atomic mass is 10.2. The Morgan fingerprint density at radius 3 is 2.43 bits per heavy atom. The van der Waals surface area contributed by atoms with Gasteiger partial charge >= 0.3 is 0 Å². The quantitative estimate of drug-likeness (QED) is 0.883. The van der Waals surface area contributed by atoms with E-state index in [0.717, 1.165) is 18.2 Å². The highest BCUT2D eigenvalue weighted by atomic mass is 32.2. The van der Waals surface area contributed by atoms with Crippen LogP contribution in [0.3, 0.4) is 0 Å². The number of rotatable bonds is 4. The summed E-state index contributed by atoms with van der Waals surface area (Å²) < 4.78 is 52.8. The molecular weight excluding hydrogens is 300 g/mol. The third-order valence-corrected chi connectivity index (χ3v) is 5.66. The van der Waals surface area contributed by atoms with Gasteiger partial charge in [-0.25, -0.2) is 17.2 Å². The molecule has 1 unspecified atom stereocenters. The Morgan fingerprint density at radius 1 is 1.24 bits per heavy atom. The molecule has 1 saturated heterocycles. The number of nitrogens with zero attached hydrogens (tertiary/aromatic N) is 2. The second-order valence-corrected chi connectivity index (χ2v) is 7.01. The van der Waals surface area contributed by atoms with Gasteiger partial charge in [-0.1, -0.05) is 0 Å². The summed E-state index contributed by atoms with van der Waals surface area (Å²) in [7, 11) is -4.01. The minimum Gasteiger partial charge on any atom is -0.329 e. The van der Waals surface area contributed by atoms with Crippen LogP contribution in [0.5, 0.6) is 0 Å². The van der Waals surface area contributed by atoms with Crippen LogP contribution in [0.2, 0.25) is 0 Å². The molecule has 5 nitrogen and oxygen atoms in total. The van der Waals surface area contributed by atoms with E-state index in [-0.39, 0.29) is 19.1 Å². The Labute approximate surface area is 123 Å². The second kappa shape index (κ2) is 6.35. The van der Waals surface area contributed by atoms with E-state index in [4.69, 9.17) is 5.73 Å². The van der Waals surface area contributed by atoms with E-state index < -0.39 is 26.6 Å². The predicted molar refractivity (Wildman–Crippen MR) is 75.2 cm³/mol. The monoisotopic (exact) mass is 319 g/mol. The zero-order valence-corrected chi connectivity index (χ0v) is 12.6. The third-order valence-electron chi connectivity index (χ3n) is 3.75. The number of nitrogens with two attached hydrogens (primary N) is 1. The van der Waals surface area contributed by atoms with Gasteiger partial charge in [0.05, 0.1) is 0 Å². The van der Waals surface area contributed by atoms with Crippen LogP contribution < -0.4 is 5.73 Å². The van der Waals surface area contributed by atoms with Gasteiger partial charge in [0.25, 0.3) is 0 Å². The fourth-order valence-electron chi connectivity index (χ4n) is 2.35. The van der Waals surface area contributed by atoms with Gasteiger partial charge in [0.15, 0.2) is 0 Å². The van der Waals surface area contributed by atoms with Crippen LogP contribution in [0.25, 0.3) is 0 Å². The SMILES string of the molecule is CC(CN)N1CCN(S(=O)(=O)c2cc(F)ccc2F)CC1. The maximum absolute atomic E-state index is 13.7. The maximum atomic E-state index is 13.7. The van der Waals surface area contributed by atoms with Crippen molar-refractivity contribution in [2.24, 2.45) is 5.73 Å². The van der Waals surface area contributed by atoms with Crippen molar-refractivity contribution in [3.8, 4) is 0 Å². The third kappa shape index (κ3) is 3.39. The van der Waals surface area contributed by atoms with E-state index in [1.165, 1.54) is 4.31 Å². The maximum Gasteiger partial charge on any atom is 0.246 e. The second-order valence-electron chi connectivity index (χ2n) is 5.10. The van der Waals surface area contributed by atoms with Gasteiger partial charge < -0.3 is 5.73 Å². The largest absolute Gasteiger partial charge is 0.329 e. The van der Waals surface area contributed by atoms with E-state index in [0.29, 0.717) is 19.6 Å². The van der Waals surface area contributed by atoms with Crippen LogP contribution in [0.1, 0.15) is 6.92 Å². The summed E-state index contributed by atoms with van der Waals surface area (Å²) in [5.41, 5.74) is 5.59. The van der Waals surface area contributed by atoms with E-state index in [1.807, 2.05) is 6.92 Å². The van der Waals surface area contributed by atoms with E-state index in [1.54, 1.807) is 0 Å². The molecule has 1 aromatic carbocycles. The Balaban J connectivity index is 2.17. The van der Waals surface area contributed by atoms with Gasteiger partial charge in [0.1, 0.15) is 16.5 Å². The van der Waals surface area contributed by atoms with Crippen molar-refractivity contribution >= 4 is 10.0 Å². The molecule has 21 heavy (non-hydrogen) atoms. The number of halogens is 2. The number of piperazine rings is 1. The lowest BCUT2D eigenvalue weighted by Crippen LogP contribution is -2.52. The Hall–Kier alpha value is -1.09. The van der Waals surface area contributed by atoms with Crippen molar-refractivity contribution in [1.82, 2.24) is 9.21 Å². The molecule has 8 heteroatoms. The normalized spacial score (nSPS) is 19.6. The fraction of sp³-hybridized carbons (Fsp3) is 0.538. The average molecular weight is 319 g/mol.